The van der Waals surface area contributed by atoms with Crippen LogP contribution < -0.4 is 11.1 Å². The molecule has 7 heteroatoms. The first-order valence-corrected chi connectivity index (χ1v) is 6.02. The van der Waals surface area contributed by atoms with Crippen molar-refractivity contribution in [3.63, 3.8) is 0 Å². The molecule has 0 aliphatic heterocycles. The van der Waals surface area contributed by atoms with E-state index >= 15 is 0 Å². The fourth-order valence-electron chi connectivity index (χ4n) is 1.76. The lowest BCUT2D eigenvalue weighted by Crippen LogP contribution is -2.13. The Kier molecular flexibility index (Phi) is 3.50. The van der Waals surface area contributed by atoms with Crippen LogP contribution in [0, 0.1) is 6.92 Å². The summed E-state index contributed by atoms with van der Waals surface area (Å²) in [5.41, 5.74) is 7.58. The van der Waals surface area contributed by atoms with E-state index < -0.39 is 0 Å². The maximum absolute atomic E-state index is 6.02. The summed E-state index contributed by atoms with van der Waals surface area (Å²) in [6.45, 7) is 6.80. The first-order chi connectivity index (χ1) is 8.59. The molecule has 0 unspecified atom stereocenters. The summed E-state index contributed by atoms with van der Waals surface area (Å²) in [6.07, 6.45) is 2.27. The Morgan fingerprint density at radius 3 is 2.89 bits per heavy atom. The van der Waals surface area contributed by atoms with Gasteiger partial charge < -0.3 is 11.1 Å². The number of nitrogens with one attached hydrogen (secondary N) is 2. The molecule has 0 radical (unpaired) electrons. The summed E-state index contributed by atoms with van der Waals surface area (Å²) in [4.78, 5) is 4.07. The van der Waals surface area contributed by atoms with Crippen LogP contribution in [0.5, 0.6) is 0 Å². The molecule has 0 amide bonds. The molecule has 2 aromatic heterocycles. The van der Waals surface area contributed by atoms with Gasteiger partial charge in [-0.1, -0.05) is 0 Å². The number of aromatic nitrogens is 5. The van der Waals surface area contributed by atoms with Crippen LogP contribution in [0.3, 0.4) is 0 Å². The molecule has 18 heavy (non-hydrogen) atoms. The lowest BCUT2D eigenvalue weighted by molar-refractivity contribution is 0.534. The predicted octanol–water partition coefficient (Wildman–Crippen LogP) is 1.13. The van der Waals surface area contributed by atoms with Crippen molar-refractivity contribution < 1.29 is 0 Å². The number of hydrogen-bond acceptors (Lipinski definition) is 5. The van der Waals surface area contributed by atoms with Gasteiger partial charge in [-0.05, 0) is 20.8 Å². The highest BCUT2D eigenvalue weighted by molar-refractivity contribution is 5.64. The molecule has 0 aliphatic rings. The minimum atomic E-state index is 0.272. The maximum atomic E-state index is 6.02. The molecule has 0 aliphatic carbocycles. The SMILES string of the molecule is Cc1nn(C(C)C)c(NCCc2ncn[nH]2)c1N. The molecule has 0 saturated carbocycles. The van der Waals surface area contributed by atoms with E-state index in [1.54, 1.807) is 0 Å². The van der Waals surface area contributed by atoms with E-state index in [1.807, 2.05) is 11.6 Å². The maximum Gasteiger partial charge on any atom is 0.148 e. The first kappa shape index (κ1) is 12.4. The molecule has 0 fully saturated rings. The molecule has 0 atom stereocenters. The number of rotatable bonds is 5. The highest BCUT2D eigenvalue weighted by Crippen LogP contribution is 2.25. The molecule has 4 N–H and O–H groups in total. The van der Waals surface area contributed by atoms with Crippen molar-refractivity contribution in [1.82, 2.24) is 25.0 Å². The van der Waals surface area contributed by atoms with Gasteiger partial charge in [0.05, 0.1) is 11.4 Å². The molecule has 2 heterocycles. The van der Waals surface area contributed by atoms with Gasteiger partial charge in [0.25, 0.3) is 0 Å². The zero-order chi connectivity index (χ0) is 13.1. The van der Waals surface area contributed by atoms with Gasteiger partial charge in [0.15, 0.2) is 0 Å². The topological polar surface area (TPSA) is 97.4 Å². The normalized spacial score (nSPS) is 11.1. The van der Waals surface area contributed by atoms with Crippen LogP contribution in [0.1, 0.15) is 31.4 Å². The lowest BCUT2D eigenvalue weighted by Gasteiger charge is -2.12. The van der Waals surface area contributed by atoms with Crippen molar-refractivity contribution >= 4 is 11.5 Å². The van der Waals surface area contributed by atoms with Gasteiger partial charge >= 0.3 is 0 Å². The number of nitrogens with zero attached hydrogens (tertiary/aromatic N) is 4. The third kappa shape index (κ3) is 2.44. The number of hydrogen-bond donors (Lipinski definition) is 3. The van der Waals surface area contributed by atoms with E-state index in [1.165, 1.54) is 6.33 Å². The standard InChI is InChI=1S/C11H19N7/c1-7(2)18-11(10(12)8(3)17-18)13-5-4-9-14-6-15-16-9/h6-7,13H,4-5,12H2,1-3H3,(H,14,15,16). The van der Waals surface area contributed by atoms with Gasteiger partial charge in [-0.25, -0.2) is 9.67 Å². The molecule has 2 rings (SSSR count). The van der Waals surface area contributed by atoms with Crippen LogP contribution in [0.15, 0.2) is 6.33 Å². The predicted molar refractivity (Wildman–Crippen MR) is 70.3 cm³/mol. The number of anilines is 2. The second-order valence-corrected chi connectivity index (χ2v) is 4.49. The van der Waals surface area contributed by atoms with E-state index in [0.29, 0.717) is 5.69 Å². The molecule has 0 saturated heterocycles. The summed E-state index contributed by atoms with van der Waals surface area (Å²) in [7, 11) is 0. The van der Waals surface area contributed by atoms with Gasteiger partial charge in [0.1, 0.15) is 18.0 Å². The minimum absolute atomic E-state index is 0.272. The summed E-state index contributed by atoms with van der Waals surface area (Å²) < 4.78 is 1.91. The highest BCUT2D eigenvalue weighted by atomic mass is 15.4. The number of nitrogen functional groups attached to an aromatic ring is 1. The van der Waals surface area contributed by atoms with E-state index in [4.69, 9.17) is 5.73 Å². The van der Waals surface area contributed by atoms with E-state index in [9.17, 15) is 0 Å². The number of H-pyrrole nitrogens is 1. The molecule has 0 bridgehead atoms. The van der Waals surface area contributed by atoms with E-state index in [0.717, 1.165) is 30.3 Å². The van der Waals surface area contributed by atoms with Gasteiger partial charge in [-0.15, -0.1) is 0 Å². The van der Waals surface area contributed by atoms with Crippen LogP contribution in [-0.4, -0.2) is 31.5 Å². The van der Waals surface area contributed by atoms with Crippen LogP contribution in [-0.2, 0) is 6.42 Å². The van der Waals surface area contributed by atoms with Crippen molar-refractivity contribution in [2.24, 2.45) is 0 Å². The highest BCUT2D eigenvalue weighted by Gasteiger charge is 2.14. The Morgan fingerprint density at radius 2 is 2.28 bits per heavy atom. The Bertz CT molecular complexity index is 498. The van der Waals surface area contributed by atoms with Crippen molar-refractivity contribution in [3.8, 4) is 0 Å². The smallest absolute Gasteiger partial charge is 0.148 e. The van der Waals surface area contributed by atoms with Gasteiger partial charge in [-0.2, -0.15) is 10.2 Å². The van der Waals surface area contributed by atoms with Crippen LogP contribution in [0.2, 0.25) is 0 Å². The van der Waals surface area contributed by atoms with E-state index in [-0.39, 0.29) is 6.04 Å². The zero-order valence-electron chi connectivity index (χ0n) is 10.9. The molecule has 0 spiro atoms. The lowest BCUT2D eigenvalue weighted by atomic mass is 10.3. The number of aryl methyl sites for hydroxylation is 1. The fourth-order valence-corrected chi connectivity index (χ4v) is 1.76. The second kappa shape index (κ2) is 5.07. The van der Waals surface area contributed by atoms with Crippen LogP contribution in [0.4, 0.5) is 11.5 Å². The molecule has 7 nitrogen and oxygen atoms in total. The quantitative estimate of drug-likeness (QED) is 0.738. The minimum Gasteiger partial charge on any atom is -0.394 e. The average molecular weight is 249 g/mol. The molecule has 98 valence electrons. The van der Waals surface area contributed by atoms with Crippen LogP contribution >= 0.6 is 0 Å². The third-order valence-electron chi connectivity index (χ3n) is 2.74. The largest absolute Gasteiger partial charge is 0.394 e. The second-order valence-electron chi connectivity index (χ2n) is 4.49. The average Bonchev–Trinajstić information content (AvgIpc) is 2.92. The number of aromatic amines is 1. The van der Waals surface area contributed by atoms with Gasteiger partial charge in [0, 0.05) is 19.0 Å². The van der Waals surface area contributed by atoms with Gasteiger partial charge in [0.2, 0.25) is 0 Å². The monoisotopic (exact) mass is 249 g/mol. The van der Waals surface area contributed by atoms with Crippen LogP contribution in [0.25, 0.3) is 0 Å². The summed E-state index contributed by atoms with van der Waals surface area (Å²) in [5.74, 6) is 1.73. The number of nitrogens with two attached hydrogens (primary N) is 1. The van der Waals surface area contributed by atoms with Gasteiger partial charge in [-0.3, -0.25) is 5.10 Å². The third-order valence-corrected chi connectivity index (χ3v) is 2.74. The van der Waals surface area contributed by atoms with Crippen molar-refractivity contribution in [3.05, 3.63) is 17.8 Å². The Balaban J connectivity index is 2.04. The van der Waals surface area contributed by atoms with E-state index in [2.05, 4.69) is 39.4 Å². The fraction of sp³-hybridized carbons (Fsp3) is 0.545. The molecule has 0 aromatic carbocycles. The summed E-state index contributed by atoms with van der Waals surface area (Å²) in [6, 6.07) is 0.272. The Labute approximate surface area is 106 Å². The Morgan fingerprint density at radius 1 is 1.50 bits per heavy atom. The van der Waals surface area contributed by atoms with Crippen molar-refractivity contribution in [2.45, 2.75) is 33.2 Å². The molecular weight excluding hydrogens is 230 g/mol. The van der Waals surface area contributed by atoms with Crippen molar-refractivity contribution in [1.29, 1.82) is 0 Å². The molecule has 2 aromatic rings. The Hall–Kier alpha value is -2.05. The van der Waals surface area contributed by atoms with Crippen molar-refractivity contribution in [2.75, 3.05) is 17.6 Å². The summed E-state index contributed by atoms with van der Waals surface area (Å²) in [5, 5.41) is 14.4. The first-order valence-electron chi connectivity index (χ1n) is 6.02. The summed E-state index contributed by atoms with van der Waals surface area (Å²) >= 11 is 0. The zero-order valence-corrected chi connectivity index (χ0v) is 10.9. The molecular formula is C11H19N7.